The summed E-state index contributed by atoms with van der Waals surface area (Å²) in [6.07, 6.45) is 0.486. The van der Waals surface area contributed by atoms with E-state index in [-0.39, 0.29) is 5.56 Å². The lowest BCUT2D eigenvalue weighted by atomic mass is 9.99. The highest BCUT2D eigenvalue weighted by Gasteiger charge is 2.20. The molecule has 6 nitrogen and oxygen atoms in total. The summed E-state index contributed by atoms with van der Waals surface area (Å²) < 4.78 is 25.2. The SMILES string of the molecule is NC(=O)CS(=O)(=O)NC(=O)c1ccccc1Cc1ccccc1. The van der Waals surface area contributed by atoms with Gasteiger partial charge in [0.05, 0.1) is 0 Å². The van der Waals surface area contributed by atoms with Crippen molar-refractivity contribution in [1.82, 2.24) is 4.72 Å². The summed E-state index contributed by atoms with van der Waals surface area (Å²) >= 11 is 0. The maximum atomic E-state index is 12.2. The molecule has 3 N–H and O–H groups in total. The van der Waals surface area contributed by atoms with Crippen LogP contribution in [-0.2, 0) is 21.2 Å². The predicted octanol–water partition coefficient (Wildman–Crippen LogP) is 0.822. The first-order chi connectivity index (χ1) is 10.9. The zero-order valence-electron chi connectivity index (χ0n) is 12.2. The van der Waals surface area contributed by atoms with Crippen molar-refractivity contribution in [3.8, 4) is 0 Å². The summed E-state index contributed by atoms with van der Waals surface area (Å²) in [5, 5.41) is 0. The number of carbonyl (C=O) groups is 2. The molecule has 0 saturated carbocycles. The number of sulfonamides is 1. The minimum atomic E-state index is -4.09. The first kappa shape index (κ1) is 16.7. The average molecular weight is 332 g/mol. The van der Waals surface area contributed by atoms with E-state index in [0.717, 1.165) is 5.56 Å². The molecule has 0 spiro atoms. The smallest absolute Gasteiger partial charge is 0.265 e. The van der Waals surface area contributed by atoms with Crippen LogP contribution in [0.4, 0.5) is 0 Å². The Labute approximate surface area is 134 Å². The van der Waals surface area contributed by atoms with Crippen LogP contribution in [-0.4, -0.2) is 26.0 Å². The Morgan fingerprint density at radius 3 is 2.22 bits per heavy atom. The standard InChI is InChI=1S/C16H16N2O4S/c17-15(19)11-23(21,22)18-16(20)14-9-5-4-8-13(14)10-12-6-2-1-3-7-12/h1-9H,10-11H2,(H2,17,19)(H,18,20). The van der Waals surface area contributed by atoms with Gasteiger partial charge in [0, 0.05) is 5.56 Å². The van der Waals surface area contributed by atoms with E-state index in [0.29, 0.717) is 12.0 Å². The highest BCUT2D eigenvalue weighted by molar-refractivity contribution is 7.90. The van der Waals surface area contributed by atoms with Crippen LogP contribution in [0.5, 0.6) is 0 Å². The highest BCUT2D eigenvalue weighted by atomic mass is 32.2. The largest absolute Gasteiger partial charge is 0.369 e. The van der Waals surface area contributed by atoms with Gasteiger partial charge in [-0.25, -0.2) is 13.1 Å². The van der Waals surface area contributed by atoms with E-state index in [1.165, 1.54) is 6.07 Å². The van der Waals surface area contributed by atoms with Gasteiger partial charge in [0.1, 0.15) is 5.75 Å². The van der Waals surface area contributed by atoms with Crippen LogP contribution in [0.1, 0.15) is 21.5 Å². The van der Waals surface area contributed by atoms with Crippen molar-refractivity contribution in [3.05, 3.63) is 71.3 Å². The van der Waals surface area contributed by atoms with Gasteiger partial charge in [0.15, 0.2) is 0 Å². The van der Waals surface area contributed by atoms with Gasteiger partial charge in [0.2, 0.25) is 15.9 Å². The fourth-order valence-electron chi connectivity index (χ4n) is 2.13. The first-order valence-electron chi connectivity index (χ1n) is 6.82. The van der Waals surface area contributed by atoms with Gasteiger partial charge in [-0.15, -0.1) is 0 Å². The normalized spacial score (nSPS) is 11.0. The Balaban J connectivity index is 2.23. The molecule has 0 unspecified atom stereocenters. The van der Waals surface area contributed by atoms with Crippen molar-refractivity contribution in [2.24, 2.45) is 5.73 Å². The number of primary amides is 1. The molecule has 0 radical (unpaired) electrons. The second-order valence-corrected chi connectivity index (χ2v) is 6.70. The molecule has 0 bridgehead atoms. The Bertz CT molecular complexity index is 817. The van der Waals surface area contributed by atoms with Crippen molar-refractivity contribution in [1.29, 1.82) is 0 Å². The van der Waals surface area contributed by atoms with Crippen molar-refractivity contribution in [2.75, 3.05) is 5.75 Å². The lowest BCUT2D eigenvalue weighted by molar-refractivity contribution is -0.115. The molecular weight excluding hydrogens is 316 g/mol. The molecule has 0 aromatic heterocycles. The summed E-state index contributed by atoms with van der Waals surface area (Å²) in [6, 6.07) is 16.2. The number of hydrogen-bond donors (Lipinski definition) is 2. The minimum absolute atomic E-state index is 0.240. The van der Waals surface area contributed by atoms with Gasteiger partial charge in [-0.2, -0.15) is 0 Å². The van der Waals surface area contributed by atoms with E-state index < -0.39 is 27.6 Å². The quantitative estimate of drug-likeness (QED) is 0.817. The number of amides is 2. The third-order valence-corrected chi connectivity index (χ3v) is 4.24. The van der Waals surface area contributed by atoms with Crippen LogP contribution in [0.3, 0.4) is 0 Å². The van der Waals surface area contributed by atoms with Crippen LogP contribution in [0.2, 0.25) is 0 Å². The van der Waals surface area contributed by atoms with Crippen molar-refractivity contribution in [2.45, 2.75) is 6.42 Å². The summed E-state index contributed by atoms with van der Waals surface area (Å²) in [5.74, 6) is -2.74. The van der Waals surface area contributed by atoms with E-state index in [1.54, 1.807) is 18.2 Å². The number of hydrogen-bond acceptors (Lipinski definition) is 4. The molecule has 2 amide bonds. The molecule has 0 aliphatic carbocycles. The Hall–Kier alpha value is -2.67. The highest BCUT2D eigenvalue weighted by Crippen LogP contribution is 2.14. The summed E-state index contributed by atoms with van der Waals surface area (Å²) in [5.41, 5.74) is 6.77. The molecule has 2 aromatic rings. The van der Waals surface area contributed by atoms with Crippen molar-refractivity contribution >= 4 is 21.8 Å². The topological polar surface area (TPSA) is 106 Å². The predicted molar refractivity (Wildman–Crippen MR) is 86.1 cm³/mol. The number of rotatable bonds is 6. The molecule has 0 heterocycles. The molecule has 2 rings (SSSR count). The van der Waals surface area contributed by atoms with Gasteiger partial charge in [-0.1, -0.05) is 48.5 Å². The molecule has 0 fully saturated rings. The molecule has 0 aliphatic rings. The fourth-order valence-corrected chi connectivity index (χ4v) is 2.97. The Morgan fingerprint density at radius 2 is 1.57 bits per heavy atom. The third kappa shape index (κ3) is 4.93. The lowest BCUT2D eigenvalue weighted by Crippen LogP contribution is -2.37. The van der Waals surface area contributed by atoms with E-state index >= 15 is 0 Å². The van der Waals surface area contributed by atoms with E-state index in [9.17, 15) is 18.0 Å². The molecule has 23 heavy (non-hydrogen) atoms. The summed E-state index contributed by atoms with van der Waals surface area (Å²) in [7, 11) is -4.09. The van der Waals surface area contributed by atoms with Crippen molar-refractivity contribution in [3.63, 3.8) is 0 Å². The zero-order chi connectivity index (χ0) is 16.9. The van der Waals surface area contributed by atoms with E-state index in [1.807, 2.05) is 35.1 Å². The Morgan fingerprint density at radius 1 is 0.957 bits per heavy atom. The maximum Gasteiger partial charge on any atom is 0.265 e. The van der Waals surface area contributed by atoms with Crippen LogP contribution in [0.15, 0.2) is 54.6 Å². The van der Waals surface area contributed by atoms with E-state index in [2.05, 4.69) is 0 Å². The zero-order valence-corrected chi connectivity index (χ0v) is 13.0. The minimum Gasteiger partial charge on any atom is -0.369 e. The third-order valence-electron chi connectivity index (χ3n) is 3.08. The first-order valence-corrected chi connectivity index (χ1v) is 8.47. The number of nitrogens with two attached hydrogens (primary N) is 1. The van der Waals surface area contributed by atoms with Gasteiger partial charge >= 0.3 is 0 Å². The van der Waals surface area contributed by atoms with Gasteiger partial charge in [-0.05, 0) is 23.6 Å². The second kappa shape index (κ2) is 7.06. The number of carbonyl (C=O) groups excluding carboxylic acids is 2. The van der Waals surface area contributed by atoms with Crippen LogP contribution in [0.25, 0.3) is 0 Å². The molecule has 2 aromatic carbocycles. The molecular formula is C16H16N2O4S. The van der Waals surface area contributed by atoms with E-state index in [4.69, 9.17) is 5.73 Å². The summed E-state index contributed by atoms with van der Waals surface area (Å²) in [4.78, 5) is 22.9. The maximum absolute atomic E-state index is 12.2. The fraction of sp³-hybridized carbons (Fsp3) is 0.125. The second-order valence-electron chi connectivity index (χ2n) is 4.98. The lowest BCUT2D eigenvalue weighted by Gasteiger charge is -2.10. The Kier molecular flexibility index (Phi) is 5.13. The molecule has 0 aliphatic heterocycles. The monoisotopic (exact) mass is 332 g/mol. The van der Waals surface area contributed by atoms with Gasteiger partial charge in [0.25, 0.3) is 5.91 Å². The van der Waals surface area contributed by atoms with Gasteiger partial charge in [-0.3, -0.25) is 9.59 Å². The number of nitrogens with one attached hydrogen (secondary N) is 1. The van der Waals surface area contributed by atoms with Crippen LogP contribution < -0.4 is 10.5 Å². The molecule has 7 heteroatoms. The van der Waals surface area contributed by atoms with Crippen LogP contribution in [0, 0.1) is 0 Å². The molecule has 0 atom stereocenters. The molecule has 120 valence electrons. The average Bonchev–Trinajstić information content (AvgIpc) is 2.46. The summed E-state index contributed by atoms with van der Waals surface area (Å²) in [6.45, 7) is 0. The van der Waals surface area contributed by atoms with Crippen molar-refractivity contribution < 1.29 is 18.0 Å². The molecule has 0 saturated heterocycles. The van der Waals surface area contributed by atoms with Crippen LogP contribution >= 0.6 is 0 Å². The van der Waals surface area contributed by atoms with Gasteiger partial charge < -0.3 is 5.73 Å². The number of benzene rings is 2.